The van der Waals surface area contributed by atoms with Crippen LogP contribution >= 0.6 is 0 Å². The van der Waals surface area contributed by atoms with E-state index in [1.165, 1.54) is 12.8 Å². The van der Waals surface area contributed by atoms with Gasteiger partial charge < -0.3 is 10.2 Å². The van der Waals surface area contributed by atoms with Gasteiger partial charge in [0.25, 0.3) is 0 Å². The second-order valence-electron chi connectivity index (χ2n) is 3.88. The molecule has 13 heavy (non-hydrogen) atoms. The Morgan fingerprint density at radius 3 is 2.69 bits per heavy atom. The number of unbranched alkanes of at least 4 members (excludes halogenated alkanes) is 1. The first-order valence-corrected chi connectivity index (χ1v) is 5.15. The number of nitrogens with one attached hydrogen (secondary N) is 1. The normalized spacial score (nSPS) is 13.2. The number of rotatable bonds is 8. The summed E-state index contributed by atoms with van der Waals surface area (Å²) in [5.74, 6) is 0. The minimum absolute atomic E-state index is 0.632. The summed E-state index contributed by atoms with van der Waals surface area (Å²) >= 11 is 0. The van der Waals surface area contributed by atoms with E-state index in [1.54, 1.807) is 0 Å². The molecule has 0 saturated carbocycles. The third-order valence-corrected chi connectivity index (χ3v) is 2.09. The van der Waals surface area contributed by atoms with Crippen molar-refractivity contribution in [2.24, 2.45) is 0 Å². The fraction of sp³-hybridized carbons (Fsp3) is 0.818. The molecule has 0 heterocycles. The van der Waals surface area contributed by atoms with Crippen LogP contribution in [0.15, 0.2) is 12.7 Å². The molecule has 0 aromatic carbocycles. The Morgan fingerprint density at radius 2 is 2.15 bits per heavy atom. The van der Waals surface area contributed by atoms with Crippen molar-refractivity contribution in [3.63, 3.8) is 0 Å². The van der Waals surface area contributed by atoms with E-state index in [0.717, 1.165) is 19.5 Å². The summed E-state index contributed by atoms with van der Waals surface area (Å²) < 4.78 is 0. The summed E-state index contributed by atoms with van der Waals surface area (Å²) in [6.07, 6.45) is 5.52. The summed E-state index contributed by atoms with van der Waals surface area (Å²) in [6, 6.07) is 0.632. The maximum absolute atomic E-state index is 3.70. The molecule has 0 rings (SSSR count). The van der Waals surface area contributed by atoms with Crippen molar-refractivity contribution >= 4 is 0 Å². The molecule has 1 N–H and O–H groups in total. The Balaban J connectivity index is 3.19. The zero-order valence-electron chi connectivity index (χ0n) is 9.34. The molecule has 0 aliphatic heterocycles. The second-order valence-corrected chi connectivity index (χ2v) is 3.88. The van der Waals surface area contributed by atoms with Gasteiger partial charge in [-0.3, -0.25) is 0 Å². The highest BCUT2D eigenvalue weighted by Gasteiger charge is 2.00. The van der Waals surface area contributed by atoms with Crippen LogP contribution in [0.5, 0.6) is 0 Å². The Labute approximate surface area is 83.0 Å². The second kappa shape index (κ2) is 8.27. The van der Waals surface area contributed by atoms with Crippen molar-refractivity contribution in [1.29, 1.82) is 0 Å². The number of allylic oxidation sites excluding steroid dienone is 1. The van der Waals surface area contributed by atoms with Gasteiger partial charge in [0.1, 0.15) is 0 Å². The average Bonchev–Trinajstić information content (AvgIpc) is 2.09. The zero-order chi connectivity index (χ0) is 10.1. The standard InChI is InChI=1S/C11H24N2/c1-5-6-7-9-12-11(2)8-10-13(3)4/h5,11-12H,1,6-10H2,2-4H3. The van der Waals surface area contributed by atoms with Crippen LogP contribution in [0.3, 0.4) is 0 Å². The Morgan fingerprint density at radius 1 is 1.46 bits per heavy atom. The van der Waals surface area contributed by atoms with E-state index < -0.39 is 0 Å². The Bertz CT molecular complexity index is 121. The first kappa shape index (κ1) is 12.7. The van der Waals surface area contributed by atoms with Gasteiger partial charge in [0.05, 0.1) is 0 Å². The molecule has 2 heteroatoms. The highest BCUT2D eigenvalue weighted by atomic mass is 15.1. The van der Waals surface area contributed by atoms with Gasteiger partial charge in [-0.25, -0.2) is 0 Å². The number of hydrogen-bond donors (Lipinski definition) is 1. The van der Waals surface area contributed by atoms with Crippen LogP contribution in [0, 0.1) is 0 Å². The zero-order valence-corrected chi connectivity index (χ0v) is 9.34. The van der Waals surface area contributed by atoms with E-state index in [9.17, 15) is 0 Å². The molecule has 2 nitrogen and oxygen atoms in total. The smallest absolute Gasteiger partial charge is 0.00508 e. The predicted molar refractivity (Wildman–Crippen MR) is 60.1 cm³/mol. The van der Waals surface area contributed by atoms with Gasteiger partial charge in [-0.1, -0.05) is 6.08 Å². The van der Waals surface area contributed by atoms with Crippen molar-refractivity contribution in [2.45, 2.75) is 32.2 Å². The minimum Gasteiger partial charge on any atom is -0.314 e. The molecule has 0 aliphatic rings. The fourth-order valence-corrected chi connectivity index (χ4v) is 1.15. The third-order valence-electron chi connectivity index (χ3n) is 2.09. The van der Waals surface area contributed by atoms with Crippen molar-refractivity contribution in [3.05, 3.63) is 12.7 Å². The van der Waals surface area contributed by atoms with Crippen LogP contribution in [0.1, 0.15) is 26.2 Å². The third kappa shape index (κ3) is 9.57. The SMILES string of the molecule is C=CCCCNC(C)CCN(C)C. The summed E-state index contributed by atoms with van der Waals surface area (Å²) in [6.45, 7) is 8.22. The molecule has 1 unspecified atom stereocenters. The lowest BCUT2D eigenvalue weighted by Crippen LogP contribution is -2.30. The van der Waals surface area contributed by atoms with Gasteiger partial charge in [-0.05, 0) is 53.4 Å². The Hall–Kier alpha value is -0.340. The van der Waals surface area contributed by atoms with E-state index in [-0.39, 0.29) is 0 Å². The average molecular weight is 184 g/mol. The van der Waals surface area contributed by atoms with Crippen LogP contribution in [0.25, 0.3) is 0 Å². The summed E-state index contributed by atoms with van der Waals surface area (Å²) in [4.78, 5) is 2.22. The van der Waals surface area contributed by atoms with Crippen molar-refractivity contribution in [3.8, 4) is 0 Å². The van der Waals surface area contributed by atoms with Gasteiger partial charge in [0.15, 0.2) is 0 Å². The van der Waals surface area contributed by atoms with Crippen LogP contribution in [0.2, 0.25) is 0 Å². The summed E-state index contributed by atoms with van der Waals surface area (Å²) in [7, 11) is 4.23. The molecule has 78 valence electrons. The number of hydrogen-bond acceptors (Lipinski definition) is 2. The van der Waals surface area contributed by atoms with Crippen LogP contribution in [0.4, 0.5) is 0 Å². The van der Waals surface area contributed by atoms with Crippen LogP contribution in [-0.4, -0.2) is 38.1 Å². The van der Waals surface area contributed by atoms with E-state index in [0.29, 0.717) is 6.04 Å². The molecule has 0 radical (unpaired) electrons. The molecule has 0 fully saturated rings. The quantitative estimate of drug-likeness (QED) is 0.458. The Kier molecular flexibility index (Phi) is 8.05. The maximum atomic E-state index is 3.70. The van der Waals surface area contributed by atoms with Crippen molar-refractivity contribution in [2.75, 3.05) is 27.2 Å². The predicted octanol–water partition coefficient (Wildman–Crippen LogP) is 1.88. The fourth-order valence-electron chi connectivity index (χ4n) is 1.15. The van der Waals surface area contributed by atoms with E-state index in [4.69, 9.17) is 0 Å². The molecule has 0 amide bonds. The molecule has 0 saturated heterocycles. The van der Waals surface area contributed by atoms with E-state index >= 15 is 0 Å². The molecular formula is C11H24N2. The summed E-state index contributed by atoms with van der Waals surface area (Å²) in [5, 5.41) is 3.50. The lowest BCUT2D eigenvalue weighted by molar-refractivity contribution is 0.366. The molecule has 1 atom stereocenters. The van der Waals surface area contributed by atoms with Crippen LogP contribution < -0.4 is 5.32 Å². The van der Waals surface area contributed by atoms with Gasteiger partial charge in [-0.15, -0.1) is 6.58 Å². The molecule has 0 aliphatic carbocycles. The minimum atomic E-state index is 0.632. The topological polar surface area (TPSA) is 15.3 Å². The van der Waals surface area contributed by atoms with Crippen LogP contribution in [-0.2, 0) is 0 Å². The van der Waals surface area contributed by atoms with Gasteiger partial charge in [-0.2, -0.15) is 0 Å². The van der Waals surface area contributed by atoms with E-state index in [1.807, 2.05) is 6.08 Å². The molecule has 0 aromatic rings. The lowest BCUT2D eigenvalue weighted by Gasteiger charge is -2.16. The maximum Gasteiger partial charge on any atom is 0.00508 e. The highest BCUT2D eigenvalue weighted by Crippen LogP contribution is 1.93. The largest absolute Gasteiger partial charge is 0.314 e. The monoisotopic (exact) mass is 184 g/mol. The van der Waals surface area contributed by atoms with Gasteiger partial charge in [0, 0.05) is 6.04 Å². The molecule has 0 bridgehead atoms. The number of nitrogens with zero attached hydrogens (tertiary/aromatic N) is 1. The molecule has 0 spiro atoms. The van der Waals surface area contributed by atoms with Gasteiger partial charge >= 0.3 is 0 Å². The van der Waals surface area contributed by atoms with Crippen molar-refractivity contribution < 1.29 is 0 Å². The summed E-state index contributed by atoms with van der Waals surface area (Å²) in [5.41, 5.74) is 0. The molecular weight excluding hydrogens is 160 g/mol. The molecule has 0 aromatic heterocycles. The lowest BCUT2D eigenvalue weighted by atomic mass is 10.2. The van der Waals surface area contributed by atoms with Gasteiger partial charge in [0.2, 0.25) is 0 Å². The van der Waals surface area contributed by atoms with Crippen molar-refractivity contribution in [1.82, 2.24) is 10.2 Å². The first-order valence-electron chi connectivity index (χ1n) is 5.15. The first-order chi connectivity index (χ1) is 6.16. The highest BCUT2D eigenvalue weighted by molar-refractivity contribution is 4.68. The van der Waals surface area contributed by atoms with E-state index in [2.05, 4.69) is 37.8 Å².